The first-order valence-corrected chi connectivity index (χ1v) is 6.54. The number of likely N-dealkylation sites (N-methyl/N-ethyl adjacent to an activating group) is 1. The fraction of sp³-hybridized carbons (Fsp3) is 1.00. The minimum atomic E-state index is -0.515. The maximum absolute atomic E-state index is 10.4. The lowest BCUT2D eigenvalue weighted by Crippen LogP contribution is -2.46. The van der Waals surface area contributed by atoms with Crippen LogP contribution in [-0.4, -0.2) is 49.0 Å². The first kappa shape index (κ1) is 13.9. The summed E-state index contributed by atoms with van der Waals surface area (Å²) in [7, 11) is 2.11. The molecule has 1 saturated heterocycles. The zero-order valence-electron chi connectivity index (χ0n) is 11.0. The molecular formula is C13H27NO2. The van der Waals surface area contributed by atoms with E-state index in [9.17, 15) is 5.11 Å². The molecule has 0 amide bonds. The Morgan fingerprint density at radius 3 is 2.56 bits per heavy atom. The molecule has 0 aromatic rings. The Hall–Kier alpha value is -0.120. The predicted molar refractivity (Wildman–Crippen MR) is 66.6 cm³/mol. The molecule has 16 heavy (non-hydrogen) atoms. The van der Waals surface area contributed by atoms with Gasteiger partial charge in [0.2, 0.25) is 0 Å². The van der Waals surface area contributed by atoms with Gasteiger partial charge in [-0.25, -0.2) is 0 Å². The molecule has 0 spiro atoms. The second-order valence-electron chi connectivity index (χ2n) is 5.43. The van der Waals surface area contributed by atoms with Crippen LogP contribution in [0.2, 0.25) is 0 Å². The van der Waals surface area contributed by atoms with Gasteiger partial charge in [0.15, 0.2) is 0 Å². The van der Waals surface area contributed by atoms with Crippen molar-refractivity contribution >= 4 is 0 Å². The molecule has 0 radical (unpaired) electrons. The molecule has 1 unspecified atom stereocenters. The summed E-state index contributed by atoms with van der Waals surface area (Å²) in [4.78, 5) is 2.27. The van der Waals surface area contributed by atoms with E-state index in [4.69, 9.17) is 4.74 Å². The quantitative estimate of drug-likeness (QED) is 0.755. The summed E-state index contributed by atoms with van der Waals surface area (Å²) in [6.07, 6.45) is 4.07. The Balaban J connectivity index is 2.29. The summed E-state index contributed by atoms with van der Waals surface area (Å²) < 4.78 is 5.29. The molecule has 3 heteroatoms. The largest absolute Gasteiger partial charge is 0.388 e. The third-order valence-electron chi connectivity index (χ3n) is 3.39. The Morgan fingerprint density at radius 2 is 2.00 bits per heavy atom. The molecule has 96 valence electrons. The molecule has 3 nitrogen and oxygen atoms in total. The molecule has 1 aliphatic rings. The zero-order chi connectivity index (χ0) is 12.0. The van der Waals surface area contributed by atoms with Gasteiger partial charge >= 0.3 is 0 Å². The molecule has 0 bridgehead atoms. The van der Waals surface area contributed by atoms with Gasteiger partial charge in [0.1, 0.15) is 0 Å². The third kappa shape index (κ3) is 4.81. The lowest BCUT2D eigenvalue weighted by atomic mass is 9.93. The van der Waals surface area contributed by atoms with E-state index in [1.165, 1.54) is 12.8 Å². The highest BCUT2D eigenvalue weighted by Crippen LogP contribution is 2.21. The summed E-state index contributed by atoms with van der Waals surface area (Å²) in [6.45, 7) is 7.78. The predicted octanol–water partition coefficient (Wildman–Crippen LogP) is 1.90. The monoisotopic (exact) mass is 229 g/mol. The van der Waals surface area contributed by atoms with Crippen LogP contribution < -0.4 is 0 Å². The molecule has 1 aliphatic heterocycles. The highest BCUT2D eigenvalue weighted by Gasteiger charge is 2.31. The van der Waals surface area contributed by atoms with Crippen LogP contribution in [0, 0.1) is 5.92 Å². The molecule has 0 saturated carbocycles. The first-order chi connectivity index (χ1) is 7.56. The average molecular weight is 229 g/mol. The van der Waals surface area contributed by atoms with E-state index in [-0.39, 0.29) is 0 Å². The van der Waals surface area contributed by atoms with Crippen molar-refractivity contribution in [2.75, 3.05) is 33.4 Å². The number of aliphatic hydroxyl groups is 1. The van der Waals surface area contributed by atoms with Crippen molar-refractivity contribution < 1.29 is 9.84 Å². The van der Waals surface area contributed by atoms with E-state index in [2.05, 4.69) is 25.8 Å². The van der Waals surface area contributed by atoms with Crippen molar-refractivity contribution in [1.82, 2.24) is 4.90 Å². The number of hydrogen-bond acceptors (Lipinski definition) is 3. The van der Waals surface area contributed by atoms with Crippen molar-refractivity contribution in [2.24, 2.45) is 5.92 Å². The van der Waals surface area contributed by atoms with E-state index >= 15 is 0 Å². The van der Waals surface area contributed by atoms with Crippen LogP contribution in [-0.2, 0) is 4.74 Å². The van der Waals surface area contributed by atoms with Crippen LogP contribution in [0.5, 0.6) is 0 Å². The van der Waals surface area contributed by atoms with Crippen molar-refractivity contribution in [1.29, 1.82) is 0 Å². The normalized spacial score (nSPS) is 22.3. The summed E-state index contributed by atoms with van der Waals surface area (Å²) in [5, 5.41) is 10.4. The topological polar surface area (TPSA) is 32.7 Å². The fourth-order valence-electron chi connectivity index (χ4n) is 2.59. The molecule has 1 rings (SSSR count). The van der Waals surface area contributed by atoms with Crippen LogP contribution >= 0.6 is 0 Å². The molecule has 1 heterocycles. The molecule has 0 aliphatic carbocycles. The van der Waals surface area contributed by atoms with Gasteiger partial charge in [-0.05, 0) is 19.4 Å². The van der Waals surface area contributed by atoms with Gasteiger partial charge in [-0.1, -0.05) is 20.3 Å². The molecule has 0 aromatic carbocycles. The highest BCUT2D eigenvalue weighted by atomic mass is 16.5. The Morgan fingerprint density at radius 1 is 1.38 bits per heavy atom. The standard InChI is InChI=1S/C13H27NO2/c1-4-5-12(2)10-14(3)11-13(15)6-8-16-9-7-13/h12,15H,4-11H2,1-3H3. The number of ether oxygens (including phenoxy) is 1. The van der Waals surface area contributed by atoms with Crippen LogP contribution in [0.25, 0.3) is 0 Å². The maximum Gasteiger partial charge on any atom is 0.0817 e. The first-order valence-electron chi connectivity index (χ1n) is 6.54. The average Bonchev–Trinajstić information content (AvgIpc) is 2.17. The second-order valence-corrected chi connectivity index (χ2v) is 5.43. The second kappa shape index (κ2) is 6.58. The lowest BCUT2D eigenvalue weighted by molar-refractivity contribution is -0.0779. The molecule has 1 fully saturated rings. The summed E-state index contributed by atoms with van der Waals surface area (Å²) >= 11 is 0. The fourth-order valence-corrected chi connectivity index (χ4v) is 2.59. The molecule has 1 N–H and O–H groups in total. The van der Waals surface area contributed by atoms with Gasteiger partial charge in [0, 0.05) is 39.1 Å². The van der Waals surface area contributed by atoms with Gasteiger partial charge in [-0.2, -0.15) is 0 Å². The highest BCUT2D eigenvalue weighted by molar-refractivity contribution is 4.84. The van der Waals surface area contributed by atoms with Gasteiger partial charge in [-0.15, -0.1) is 0 Å². The van der Waals surface area contributed by atoms with Crippen LogP contribution in [0.3, 0.4) is 0 Å². The van der Waals surface area contributed by atoms with E-state index in [1.807, 2.05) is 0 Å². The molecular weight excluding hydrogens is 202 g/mol. The lowest BCUT2D eigenvalue weighted by Gasteiger charge is -2.36. The van der Waals surface area contributed by atoms with Crippen molar-refractivity contribution in [3.05, 3.63) is 0 Å². The van der Waals surface area contributed by atoms with Gasteiger partial charge in [0.05, 0.1) is 5.60 Å². The van der Waals surface area contributed by atoms with E-state index < -0.39 is 5.60 Å². The van der Waals surface area contributed by atoms with Gasteiger partial charge in [0.25, 0.3) is 0 Å². The zero-order valence-corrected chi connectivity index (χ0v) is 11.0. The third-order valence-corrected chi connectivity index (χ3v) is 3.39. The van der Waals surface area contributed by atoms with E-state index in [0.717, 1.165) is 31.8 Å². The minimum absolute atomic E-state index is 0.515. The van der Waals surface area contributed by atoms with E-state index in [1.54, 1.807) is 0 Å². The van der Waals surface area contributed by atoms with Gasteiger partial charge in [-0.3, -0.25) is 0 Å². The number of nitrogens with zero attached hydrogens (tertiary/aromatic N) is 1. The minimum Gasteiger partial charge on any atom is -0.388 e. The summed E-state index contributed by atoms with van der Waals surface area (Å²) in [6, 6.07) is 0. The van der Waals surface area contributed by atoms with Crippen LogP contribution in [0.15, 0.2) is 0 Å². The molecule has 0 aromatic heterocycles. The maximum atomic E-state index is 10.4. The molecule has 1 atom stereocenters. The number of rotatable bonds is 6. The Kier molecular flexibility index (Phi) is 5.73. The summed E-state index contributed by atoms with van der Waals surface area (Å²) in [5.41, 5.74) is -0.515. The van der Waals surface area contributed by atoms with Crippen molar-refractivity contribution in [3.8, 4) is 0 Å². The van der Waals surface area contributed by atoms with Gasteiger partial charge < -0.3 is 14.7 Å². The smallest absolute Gasteiger partial charge is 0.0817 e. The van der Waals surface area contributed by atoms with Crippen LogP contribution in [0.4, 0.5) is 0 Å². The summed E-state index contributed by atoms with van der Waals surface area (Å²) in [5.74, 6) is 0.721. The van der Waals surface area contributed by atoms with Crippen molar-refractivity contribution in [3.63, 3.8) is 0 Å². The van der Waals surface area contributed by atoms with E-state index in [0.29, 0.717) is 13.2 Å². The SMILES string of the molecule is CCCC(C)CN(C)CC1(O)CCOCC1. The van der Waals surface area contributed by atoms with Crippen LogP contribution in [0.1, 0.15) is 39.5 Å². The van der Waals surface area contributed by atoms with Crippen molar-refractivity contribution in [2.45, 2.75) is 45.1 Å². The Labute approximate surface area is 99.8 Å². The number of hydrogen-bond donors (Lipinski definition) is 1. The Bertz CT molecular complexity index is 190.